The molecule has 15 heavy (non-hydrogen) atoms. The summed E-state index contributed by atoms with van der Waals surface area (Å²) in [6.45, 7) is 3.97. The highest BCUT2D eigenvalue weighted by atomic mass is 14.8. The molecule has 0 aliphatic heterocycles. The maximum atomic E-state index is 5.77. The molecule has 0 saturated heterocycles. The maximum Gasteiger partial charge on any atom is 0.0890 e. The Hall–Kier alpha value is -1.48. The average Bonchev–Trinajstić information content (AvgIpc) is 2.18. The molecule has 1 unspecified atom stereocenters. The van der Waals surface area contributed by atoms with Crippen molar-refractivity contribution in [2.45, 2.75) is 26.3 Å². The minimum Gasteiger partial charge on any atom is -0.328 e. The molecule has 1 heterocycles. The third-order valence-corrected chi connectivity index (χ3v) is 2.36. The average molecular weight is 201 g/mol. The van der Waals surface area contributed by atoms with Crippen molar-refractivity contribution in [1.29, 1.82) is 0 Å². The van der Waals surface area contributed by atoms with E-state index in [-0.39, 0.29) is 6.04 Å². The lowest BCUT2D eigenvalue weighted by molar-refractivity contribution is 0.716. The number of benzene rings is 1. The summed E-state index contributed by atoms with van der Waals surface area (Å²) in [6.07, 6.45) is 0.781. The quantitative estimate of drug-likeness (QED) is 0.806. The Morgan fingerprint density at radius 3 is 2.40 bits per heavy atom. The molecule has 2 rings (SSSR count). The summed E-state index contributed by atoms with van der Waals surface area (Å²) in [7, 11) is 0. The van der Waals surface area contributed by atoms with E-state index >= 15 is 0 Å². The van der Waals surface area contributed by atoms with E-state index in [1.54, 1.807) is 0 Å². The molecule has 0 fully saturated rings. The van der Waals surface area contributed by atoms with Crippen LogP contribution in [0.2, 0.25) is 0 Å². The first-order valence-corrected chi connectivity index (χ1v) is 5.14. The molecule has 1 aromatic heterocycles. The van der Waals surface area contributed by atoms with Crippen molar-refractivity contribution >= 4 is 11.0 Å². The SMILES string of the molecule is Cc1nc2ccccc2nc1CC(C)N. The number of aromatic nitrogens is 2. The lowest BCUT2D eigenvalue weighted by Gasteiger charge is -2.08. The van der Waals surface area contributed by atoms with Gasteiger partial charge in [-0.3, -0.25) is 0 Å². The van der Waals surface area contributed by atoms with E-state index < -0.39 is 0 Å². The van der Waals surface area contributed by atoms with Gasteiger partial charge in [0.15, 0.2) is 0 Å². The molecule has 3 heteroatoms. The fraction of sp³-hybridized carbons (Fsp3) is 0.333. The van der Waals surface area contributed by atoms with Gasteiger partial charge in [-0.05, 0) is 26.0 Å². The summed E-state index contributed by atoms with van der Waals surface area (Å²) in [5, 5.41) is 0. The van der Waals surface area contributed by atoms with Gasteiger partial charge in [-0.2, -0.15) is 0 Å². The Labute approximate surface area is 89.4 Å². The molecule has 1 aromatic carbocycles. The number of aryl methyl sites for hydroxylation is 1. The van der Waals surface area contributed by atoms with Gasteiger partial charge in [0.25, 0.3) is 0 Å². The number of nitrogens with zero attached hydrogens (tertiary/aromatic N) is 2. The van der Waals surface area contributed by atoms with Gasteiger partial charge in [-0.15, -0.1) is 0 Å². The van der Waals surface area contributed by atoms with E-state index in [1.807, 2.05) is 38.1 Å². The second-order valence-electron chi connectivity index (χ2n) is 3.93. The van der Waals surface area contributed by atoms with Crippen LogP contribution in [0, 0.1) is 6.92 Å². The molecule has 2 aromatic rings. The highest BCUT2D eigenvalue weighted by Crippen LogP contribution is 2.12. The smallest absolute Gasteiger partial charge is 0.0890 e. The van der Waals surface area contributed by atoms with Crippen LogP contribution in [0.4, 0.5) is 0 Å². The highest BCUT2D eigenvalue weighted by molar-refractivity contribution is 5.74. The number of para-hydroxylation sites is 2. The Kier molecular flexibility index (Phi) is 2.64. The van der Waals surface area contributed by atoms with Crippen molar-refractivity contribution in [2.24, 2.45) is 5.73 Å². The Morgan fingerprint density at radius 1 is 1.20 bits per heavy atom. The van der Waals surface area contributed by atoms with Crippen LogP contribution in [0.25, 0.3) is 11.0 Å². The van der Waals surface area contributed by atoms with Gasteiger partial charge in [0.2, 0.25) is 0 Å². The Balaban J connectivity index is 2.52. The molecule has 0 spiro atoms. The zero-order chi connectivity index (χ0) is 10.8. The van der Waals surface area contributed by atoms with Crippen LogP contribution < -0.4 is 5.73 Å². The summed E-state index contributed by atoms with van der Waals surface area (Å²) in [5.74, 6) is 0. The molecule has 0 saturated carbocycles. The topological polar surface area (TPSA) is 51.8 Å². The fourth-order valence-corrected chi connectivity index (χ4v) is 1.62. The summed E-state index contributed by atoms with van der Waals surface area (Å²) >= 11 is 0. The van der Waals surface area contributed by atoms with Gasteiger partial charge < -0.3 is 5.73 Å². The minimum absolute atomic E-state index is 0.124. The first kappa shape index (κ1) is 10.1. The van der Waals surface area contributed by atoms with Crippen LogP contribution in [0.15, 0.2) is 24.3 Å². The van der Waals surface area contributed by atoms with Crippen molar-refractivity contribution in [3.63, 3.8) is 0 Å². The summed E-state index contributed by atoms with van der Waals surface area (Å²) in [4.78, 5) is 9.08. The molecular weight excluding hydrogens is 186 g/mol. The van der Waals surface area contributed by atoms with Crippen molar-refractivity contribution in [1.82, 2.24) is 9.97 Å². The van der Waals surface area contributed by atoms with E-state index in [9.17, 15) is 0 Å². The number of hydrogen-bond donors (Lipinski definition) is 1. The largest absolute Gasteiger partial charge is 0.328 e. The molecule has 0 bridgehead atoms. The lowest BCUT2D eigenvalue weighted by atomic mass is 10.1. The molecule has 2 N–H and O–H groups in total. The molecule has 0 amide bonds. The van der Waals surface area contributed by atoms with Gasteiger partial charge in [0.1, 0.15) is 0 Å². The molecule has 0 radical (unpaired) electrons. The molecular formula is C12H15N3. The van der Waals surface area contributed by atoms with E-state index in [0.29, 0.717) is 0 Å². The van der Waals surface area contributed by atoms with Crippen LogP contribution >= 0.6 is 0 Å². The molecule has 0 aliphatic rings. The summed E-state index contributed by atoms with van der Waals surface area (Å²) in [5.41, 5.74) is 9.64. The second kappa shape index (κ2) is 3.95. The van der Waals surface area contributed by atoms with Gasteiger partial charge in [-0.1, -0.05) is 12.1 Å². The predicted molar refractivity (Wildman–Crippen MR) is 61.6 cm³/mol. The van der Waals surface area contributed by atoms with Gasteiger partial charge in [0.05, 0.1) is 22.4 Å². The van der Waals surface area contributed by atoms with Crippen molar-refractivity contribution < 1.29 is 0 Å². The Morgan fingerprint density at radius 2 is 1.80 bits per heavy atom. The number of nitrogens with two attached hydrogens (primary N) is 1. The Bertz CT molecular complexity index is 477. The van der Waals surface area contributed by atoms with Crippen molar-refractivity contribution in [3.05, 3.63) is 35.7 Å². The maximum absolute atomic E-state index is 5.77. The molecule has 1 atom stereocenters. The van der Waals surface area contributed by atoms with Crippen LogP contribution in [0.3, 0.4) is 0 Å². The standard InChI is InChI=1S/C12H15N3/c1-8(13)7-12-9(2)14-10-5-3-4-6-11(10)15-12/h3-6,8H,7,13H2,1-2H3. The van der Waals surface area contributed by atoms with Crippen molar-refractivity contribution in [3.8, 4) is 0 Å². The third-order valence-electron chi connectivity index (χ3n) is 2.36. The molecule has 78 valence electrons. The van der Waals surface area contributed by atoms with Crippen LogP contribution in [-0.2, 0) is 6.42 Å². The molecule has 3 nitrogen and oxygen atoms in total. The normalized spacial score (nSPS) is 13.0. The number of fused-ring (bicyclic) bond motifs is 1. The minimum atomic E-state index is 0.124. The highest BCUT2D eigenvalue weighted by Gasteiger charge is 2.06. The van der Waals surface area contributed by atoms with Crippen LogP contribution in [0.1, 0.15) is 18.3 Å². The van der Waals surface area contributed by atoms with E-state index in [4.69, 9.17) is 5.73 Å². The van der Waals surface area contributed by atoms with Gasteiger partial charge in [-0.25, -0.2) is 9.97 Å². The van der Waals surface area contributed by atoms with Crippen molar-refractivity contribution in [2.75, 3.05) is 0 Å². The van der Waals surface area contributed by atoms with Gasteiger partial charge in [0, 0.05) is 12.5 Å². The first-order chi connectivity index (χ1) is 7.16. The number of rotatable bonds is 2. The third kappa shape index (κ3) is 2.13. The predicted octanol–water partition coefficient (Wildman–Crippen LogP) is 1.83. The lowest BCUT2D eigenvalue weighted by Crippen LogP contribution is -2.19. The first-order valence-electron chi connectivity index (χ1n) is 5.14. The van der Waals surface area contributed by atoms with Gasteiger partial charge >= 0.3 is 0 Å². The second-order valence-corrected chi connectivity index (χ2v) is 3.93. The van der Waals surface area contributed by atoms with E-state index in [2.05, 4.69) is 9.97 Å². The van der Waals surface area contributed by atoms with E-state index in [1.165, 1.54) is 0 Å². The molecule has 0 aliphatic carbocycles. The number of hydrogen-bond acceptors (Lipinski definition) is 3. The zero-order valence-corrected chi connectivity index (χ0v) is 9.07. The summed E-state index contributed by atoms with van der Waals surface area (Å²) in [6, 6.07) is 8.03. The van der Waals surface area contributed by atoms with Crippen LogP contribution in [-0.4, -0.2) is 16.0 Å². The van der Waals surface area contributed by atoms with Crippen LogP contribution in [0.5, 0.6) is 0 Å². The monoisotopic (exact) mass is 201 g/mol. The fourth-order valence-electron chi connectivity index (χ4n) is 1.62. The summed E-state index contributed by atoms with van der Waals surface area (Å²) < 4.78 is 0. The zero-order valence-electron chi connectivity index (χ0n) is 9.07. The van der Waals surface area contributed by atoms with E-state index in [0.717, 1.165) is 28.8 Å².